The van der Waals surface area contributed by atoms with E-state index in [-0.39, 0.29) is 5.56 Å². The van der Waals surface area contributed by atoms with Gasteiger partial charge in [0.25, 0.3) is 5.56 Å². The number of hydrogen-bond acceptors (Lipinski definition) is 2. The SMILES string of the molecule is Cc1ccc(Oc2ccccc2)[nH]c1=O. The second-order valence-corrected chi connectivity index (χ2v) is 3.25. The molecule has 0 bridgehead atoms. The van der Waals surface area contributed by atoms with Gasteiger partial charge in [0, 0.05) is 5.56 Å². The number of hydrogen-bond donors (Lipinski definition) is 1. The largest absolute Gasteiger partial charge is 0.441 e. The van der Waals surface area contributed by atoms with E-state index in [0.29, 0.717) is 17.2 Å². The van der Waals surface area contributed by atoms with E-state index in [4.69, 9.17) is 4.74 Å². The average molecular weight is 201 g/mol. The molecule has 1 aromatic carbocycles. The van der Waals surface area contributed by atoms with Crippen LogP contribution in [0.5, 0.6) is 11.6 Å². The standard InChI is InChI=1S/C12H11NO2/c1-9-7-8-11(13-12(9)14)15-10-5-3-2-4-6-10/h2-8H,1H3,(H,13,14). The van der Waals surface area contributed by atoms with E-state index < -0.39 is 0 Å². The Balaban J connectivity index is 2.26. The zero-order chi connectivity index (χ0) is 10.7. The smallest absolute Gasteiger partial charge is 0.253 e. The van der Waals surface area contributed by atoms with E-state index in [1.165, 1.54) is 0 Å². The van der Waals surface area contributed by atoms with E-state index in [1.807, 2.05) is 30.3 Å². The number of rotatable bonds is 2. The predicted octanol–water partition coefficient (Wildman–Crippen LogP) is 2.48. The zero-order valence-corrected chi connectivity index (χ0v) is 8.36. The zero-order valence-electron chi connectivity index (χ0n) is 8.36. The maximum atomic E-state index is 11.3. The molecule has 0 unspecified atom stereocenters. The number of aromatic nitrogens is 1. The molecule has 3 nitrogen and oxygen atoms in total. The van der Waals surface area contributed by atoms with Crippen LogP contribution in [0.25, 0.3) is 0 Å². The third kappa shape index (κ3) is 2.26. The summed E-state index contributed by atoms with van der Waals surface area (Å²) in [7, 11) is 0. The lowest BCUT2D eigenvalue weighted by atomic mass is 10.3. The predicted molar refractivity (Wildman–Crippen MR) is 58.3 cm³/mol. The lowest BCUT2D eigenvalue weighted by molar-refractivity contribution is 0.461. The summed E-state index contributed by atoms with van der Waals surface area (Å²) in [6.07, 6.45) is 0. The van der Waals surface area contributed by atoms with Gasteiger partial charge in [-0.15, -0.1) is 0 Å². The van der Waals surface area contributed by atoms with Gasteiger partial charge in [0.15, 0.2) is 5.88 Å². The van der Waals surface area contributed by atoms with Gasteiger partial charge >= 0.3 is 0 Å². The minimum absolute atomic E-state index is 0.122. The molecule has 15 heavy (non-hydrogen) atoms. The van der Waals surface area contributed by atoms with Gasteiger partial charge in [-0.25, -0.2) is 0 Å². The third-order valence-corrected chi connectivity index (χ3v) is 2.05. The number of aromatic amines is 1. The minimum Gasteiger partial charge on any atom is -0.441 e. The van der Waals surface area contributed by atoms with E-state index in [2.05, 4.69) is 4.98 Å². The quantitative estimate of drug-likeness (QED) is 0.811. The number of ether oxygens (including phenoxy) is 1. The summed E-state index contributed by atoms with van der Waals surface area (Å²) in [5.41, 5.74) is 0.554. The molecule has 0 aliphatic carbocycles. The van der Waals surface area contributed by atoms with E-state index in [1.54, 1.807) is 19.1 Å². The molecule has 0 amide bonds. The Labute approximate surface area is 87.3 Å². The lowest BCUT2D eigenvalue weighted by Gasteiger charge is -2.04. The van der Waals surface area contributed by atoms with Crippen LogP contribution in [-0.4, -0.2) is 4.98 Å². The molecule has 2 aromatic rings. The molecule has 0 saturated heterocycles. The van der Waals surface area contributed by atoms with Crippen molar-refractivity contribution in [1.82, 2.24) is 4.98 Å². The maximum absolute atomic E-state index is 11.3. The summed E-state index contributed by atoms with van der Waals surface area (Å²) < 4.78 is 5.46. The van der Waals surface area contributed by atoms with Gasteiger partial charge in [0.1, 0.15) is 5.75 Å². The van der Waals surface area contributed by atoms with Gasteiger partial charge in [0.2, 0.25) is 0 Å². The highest BCUT2D eigenvalue weighted by atomic mass is 16.5. The van der Waals surface area contributed by atoms with Crippen LogP contribution in [0.4, 0.5) is 0 Å². The number of para-hydroxylation sites is 1. The van der Waals surface area contributed by atoms with Crippen LogP contribution in [0.1, 0.15) is 5.56 Å². The first-order valence-corrected chi connectivity index (χ1v) is 4.68. The number of H-pyrrole nitrogens is 1. The summed E-state index contributed by atoms with van der Waals surface area (Å²) >= 11 is 0. The highest BCUT2D eigenvalue weighted by molar-refractivity contribution is 5.27. The summed E-state index contributed by atoms with van der Waals surface area (Å²) in [6, 6.07) is 12.8. The van der Waals surface area contributed by atoms with Crippen molar-refractivity contribution in [3.05, 3.63) is 58.4 Å². The molecule has 0 radical (unpaired) electrons. The molecule has 0 aliphatic heterocycles. The van der Waals surface area contributed by atoms with Crippen LogP contribution in [0.2, 0.25) is 0 Å². The van der Waals surface area contributed by atoms with Gasteiger partial charge in [-0.1, -0.05) is 18.2 Å². The van der Waals surface area contributed by atoms with Crippen molar-refractivity contribution in [3.8, 4) is 11.6 Å². The number of pyridine rings is 1. The molecule has 2 rings (SSSR count). The fourth-order valence-corrected chi connectivity index (χ4v) is 1.20. The molecule has 1 aromatic heterocycles. The summed E-state index contributed by atoms with van der Waals surface area (Å²) in [5, 5.41) is 0. The molecule has 76 valence electrons. The van der Waals surface area contributed by atoms with Crippen molar-refractivity contribution in [2.75, 3.05) is 0 Å². The van der Waals surface area contributed by atoms with Crippen molar-refractivity contribution in [2.24, 2.45) is 0 Å². The van der Waals surface area contributed by atoms with E-state index in [9.17, 15) is 4.79 Å². The average Bonchev–Trinajstić information content (AvgIpc) is 2.25. The Kier molecular flexibility index (Phi) is 2.54. The Hall–Kier alpha value is -2.03. The first-order valence-electron chi connectivity index (χ1n) is 4.68. The van der Waals surface area contributed by atoms with Crippen LogP contribution in [0.15, 0.2) is 47.3 Å². The van der Waals surface area contributed by atoms with Crippen molar-refractivity contribution in [3.63, 3.8) is 0 Å². The van der Waals surface area contributed by atoms with Gasteiger partial charge in [-0.05, 0) is 31.2 Å². The first kappa shape index (κ1) is 9.52. The van der Waals surface area contributed by atoms with Gasteiger partial charge in [-0.2, -0.15) is 0 Å². The second kappa shape index (κ2) is 4.00. The summed E-state index contributed by atoms with van der Waals surface area (Å²) in [5.74, 6) is 1.16. The maximum Gasteiger partial charge on any atom is 0.253 e. The van der Waals surface area contributed by atoms with Crippen molar-refractivity contribution in [1.29, 1.82) is 0 Å². The van der Waals surface area contributed by atoms with Crippen molar-refractivity contribution in [2.45, 2.75) is 6.92 Å². The number of benzene rings is 1. The van der Waals surface area contributed by atoms with Crippen LogP contribution < -0.4 is 10.3 Å². The fourth-order valence-electron chi connectivity index (χ4n) is 1.20. The Morgan fingerprint density at radius 1 is 1.07 bits per heavy atom. The van der Waals surface area contributed by atoms with Gasteiger partial charge in [0.05, 0.1) is 0 Å². The normalized spacial score (nSPS) is 9.93. The summed E-state index contributed by atoms with van der Waals surface area (Å²) in [6.45, 7) is 1.76. The molecule has 1 heterocycles. The minimum atomic E-state index is -0.122. The van der Waals surface area contributed by atoms with Gasteiger partial charge < -0.3 is 4.74 Å². The molecule has 0 fully saturated rings. The highest BCUT2D eigenvalue weighted by Crippen LogP contribution is 2.16. The van der Waals surface area contributed by atoms with E-state index >= 15 is 0 Å². The van der Waals surface area contributed by atoms with Crippen LogP contribution in [0, 0.1) is 6.92 Å². The molecule has 1 N–H and O–H groups in total. The molecule has 0 spiro atoms. The van der Waals surface area contributed by atoms with Crippen LogP contribution in [-0.2, 0) is 0 Å². The van der Waals surface area contributed by atoms with Crippen molar-refractivity contribution >= 4 is 0 Å². The third-order valence-electron chi connectivity index (χ3n) is 2.05. The van der Waals surface area contributed by atoms with Gasteiger partial charge in [-0.3, -0.25) is 9.78 Å². The lowest BCUT2D eigenvalue weighted by Crippen LogP contribution is -2.08. The number of nitrogens with one attached hydrogen (secondary N) is 1. The second-order valence-electron chi connectivity index (χ2n) is 3.25. The highest BCUT2D eigenvalue weighted by Gasteiger charge is 1.98. The Morgan fingerprint density at radius 2 is 1.80 bits per heavy atom. The molecular weight excluding hydrogens is 190 g/mol. The molecule has 3 heteroatoms. The molecule has 0 saturated carbocycles. The molecular formula is C12H11NO2. The first-order chi connectivity index (χ1) is 7.25. The molecule has 0 atom stereocenters. The topological polar surface area (TPSA) is 42.1 Å². The molecule has 0 aliphatic rings. The van der Waals surface area contributed by atoms with Crippen LogP contribution >= 0.6 is 0 Å². The number of aryl methyl sites for hydroxylation is 1. The Bertz CT molecular complexity index is 503. The van der Waals surface area contributed by atoms with Crippen LogP contribution in [0.3, 0.4) is 0 Å². The summed E-state index contributed by atoms with van der Waals surface area (Å²) in [4.78, 5) is 13.9. The Morgan fingerprint density at radius 3 is 2.47 bits per heavy atom. The van der Waals surface area contributed by atoms with E-state index in [0.717, 1.165) is 0 Å². The monoisotopic (exact) mass is 201 g/mol. The van der Waals surface area contributed by atoms with Crippen molar-refractivity contribution < 1.29 is 4.74 Å². The fraction of sp³-hybridized carbons (Fsp3) is 0.0833.